The molecule has 1 atom stereocenters. The van der Waals surface area contributed by atoms with Crippen LogP contribution in [-0.2, 0) is 17.1 Å². The van der Waals surface area contributed by atoms with Gasteiger partial charge in [-0.3, -0.25) is 4.90 Å². The smallest absolute Gasteiger partial charge is 0.381 e. The van der Waals surface area contributed by atoms with Crippen molar-refractivity contribution >= 4 is 0 Å². The number of nitrogens with one attached hydrogen (secondary N) is 1. The average Bonchev–Trinajstić information content (AvgIpc) is 2.62. The van der Waals surface area contributed by atoms with Gasteiger partial charge in [-0.1, -0.05) is 6.07 Å². The highest BCUT2D eigenvalue weighted by molar-refractivity contribution is 5.38. The Morgan fingerprint density at radius 1 is 0.963 bits per heavy atom. The molecule has 0 radical (unpaired) electrons. The lowest BCUT2D eigenvalue weighted by molar-refractivity contribution is -0.144. The van der Waals surface area contributed by atoms with Gasteiger partial charge in [0.05, 0.1) is 11.1 Å². The van der Waals surface area contributed by atoms with Crippen molar-refractivity contribution in [2.45, 2.75) is 31.2 Å². The van der Waals surface area contributed by atoms with Gasteiger partial charge in [-0.25, -0.2) is 0 Å². The van der Waals surface area contributed by atoms with Crippen molar-refractivity contribution in [1.29, 1.82) is 0 Å². The van der Waals surface area contributed by atoms with E-state index in [1.807, 2.05) is 4.90 Å². The SMILES string of the molecule is FC(F)(F)c1ccc([C@@H](C2CCOCC2)N2CCNCC2)c(C(F)(F)F)c1. The second-order valence-electron chi connectivity index (χ2n) is 6.98. The number of piperazine rings is 1. The minimum atomic E-state index is -4.85. The highest BCUT2D eigenvalue weighted by atomic mass is 19.4. The molecule has 2 aliphatic heterocycles. The zero-order valence-corrected chi connectivity index (χ0v) is 14.7. The fraction of sp³-hybridized carbons (Fsp3) is 0.667. The fourth-order valence-electron chi connectivity index (χ4n) is 3.98. The van der Waals surface area contributed by atoms with Crippen LogP contribution in [0.4, 0.5) is 26.3 Å². The lowest BCUT2D eigenvalue weighted by Gasteiger charge is -2.42. The lowest BCUT2D eigenvalue weighted by atomic mass is 9.83. The minimum absolute atomic E-state index is 0.0655. The number of hydrogen-bond donors (Lipinski definition) is 1. The Kier molecular flexibility index (Phi) is 6.02. The third-order valence-corrected chi connectivity index (χ3v) is 5.26. The third kappa shape index (κ3) is 4.75. The van der Waals surface area contributed by atoms with Crippen molar-refractivity contribution in [3.05, 3.63) is 34.9 Å². The Bertz CT molecular complexity index is 616. The van der Waals surface area contributed by atoms with Crippen LogP contribution in [0.3, 0.4) is 0 Å². The number of rotatable bonds is 3. The van der Waals surface area contributed by atoms with Gasteiger partial charge in [-0.2, -0.15) is 26.3 Å². The molecule has 0 aromatic heterocycles. The van der Waals surface area contributed by atoms with Gasteiger partial charge in [0.1, 0.15) is 0 Å². The predicted molar refractivity (Wildman–Crippen MR) is 87.2 cm³/mol. The van der Waals surface area contributed by atoms with E-state index < -0.39 is 29.5 Å². The molecule has 1 aromatic rings. The first-order valence-electron chi connectivity index (χ1n) is 8.99. The molecule has 0 bridgehead atoms. The first kappa shape index (κ1) is 20.4. The molecule has 2 saturated heterocycles. The predicted octanol–water partition coefficient (Wildman–Crippen LogP) is 4.10. The number of ether oxygens (including phenoxy) is 1. The summed E-state index contributed by atoms with van der Waals surface area (Å²) in [5.41, 5.74) is -2.53. The van der Waals surface area contributed by atoms with Crippen LogP contribution in [0.15, 0.2) is 18.2 Å². The molecular formula is C18H22F6N2O. The standard InChI is InChI=1S/C18H22F6N2O/c19-17(20,21)13-1-2-14(15(11-13)18(22,23)24)16(12-3-9-27-10-4-12)26-7-5-25-6-8-26/h1-2,11-12,16,25H,3-10H2/t16-/m1/s1. The summed E-state index contributed by atoms with van der Waals surface area (Å²) in [6.45, 7) is 3.30. The van der Waals surface area contributed by atoms with Crippen LogP contribution < -0.4 is 5.32 Å². The molecule has 1 aromatic carbocycles. The molecule has 27 heavy (non-hydrogen) atoms. The Hall–Kier alpha value is -1.32. The number of benzene rings is 1. The van der Waals surface area contributed by atoms with Gasteiger partial charge in [0.15, 0.2) is 0 Å². The molecular weight excluding hydrogens is 374 g/mol. The summed E-state index contributed by atoms with van der Waals surface area (Å²) in [6.07, 6.45) is -8.49. The van der Waals surface area contributed by atoms with Crippen LogP contribution in [0.2, 0.25) is 0 Å². The van der Waals surface area contributed by atoms with Crippen LogP contribution in [0, 0.1) is 5.92 Å². The van der Waals surface area contributed by atoms with Gasteiger partial charge in [0.25, 0.3) is 0 Å². The van der Waals surface area contributed by atoms with Crippen molar-refractivity contribution in [3.8, 4) is 0 Å². The minimum Gasteiger partial charge on any atom is -0.381 e. The summed E-state index contributed by atoms with van der Waals surface area (Å²) >= 11 is 0. The van der Waals surface area contributed by atoms with E-state index in [-0.39, 0.29) is 17.5 Å². The second kappa shape index (κ2) is 7.97. The number of hydrogen-bond acceptors (Lipinski definition) is 3. The van der Waals surface area contributed by atoms with Crippen LogP contribution >= 0.6 is 0 Å². The molecule has 0 amide bonds. The van der Waals surface area contributed by atoms with Crippen LogP contribution in [-0.4, -0.2) is 44.3 Å². The Morgan fingerprint density at radius 3 is 2.15 bits per heavy atom. The largest absolute Gasteiger partial charge is 0.416 e. The van der Waals surface area contributed by atoms with Crippen molar-refractivity contribution in [3.63, 3.8) is 0 Å². The Labute approximate surface area is 153 Å². The maximum atomic E-state index is 13.7. The first-order valence-corrected chi connectivity index (χ1v) is 8.99. The van der Waals surface area contributed by atoms with Gasteiger partial charge >= 0.3 is 12.4 Å². The first-order chi connectivity index (χ1) is 12.7. The zero-order chi connectivity index (χ0) is 19.7. The van der Waals surface area contributed by atoms with Gasteiger partial charge in [0, 0.05) is 45.4 Å². The topological polar surface area (TPSA) is 24.5 Å². The van der Waals surface area contributed by atoms with Crippen molar-refractivity contribution in [2.75, 3.05) is 39.4 Å². The monoisotopic (exact) mass is 396 g/mol. The van der Waals surface area contributed by atoms with Crippen LogP contribution in [0.1, 0.15) is 35.6 Å². The van der Waals surface area contributed by atoms with Crippen molar-refractivity contribution in [1.82, 2.24) is 10.2 Å². The van der Waals surface area contributed by atoms with Gasteiger partial charge in [0.2, 0.25) is 0 Å². The van der Waals surface area contributed by atoms with Gasteiger partial charge < -0.3 is 10.1 Å². The maximum Gasteiger partial charge on any atom is 0.416 e. The zero-order valence-electron chi connectivity index (χ0n) is 14.7. The van der Waals surface area contributed by atoms with E-state index in [0.717, 1.165) is 12.1 Å². The number of alkyl halides is 6. The normalized spacial score (nSPS) is 22.0. The maximum absolute atomic E-state index is 13.7. The quantitative estimate of drug-likeness (QED) is 0.779. The van der Waals surface area contributed by atoms with E-state index in [1.54, 1.807) is 0 Å². The van der Waals surface area contributed by atoms with E-state index >= 15 is 0 Å². The molecule has 0 spiro atoms. The molecule has 0 saturated carbocycles. The van der Waals surface area contributed by atoms with Crippen molar-refractivity contribution < 1.29 is 31.1 Å². The Morgan fingerprint density at radius 2 is 1.59 bits per heavy atom. The molecule has 3 rings (SSSR count). The molecule has 9 heteroatoms. The summed E-state index contributed by atoms with van der Waals surface area (Å²) < 4.78 is 85.4. The Balaban J connectivity index is 2.06. The van der Waals surface area contributed by atoms with E-state index in [4.69, 9.17) is 4.74 Å². The summed E-state index contributed by atoms with van der Waals surface area (Å²) in [7, 11) is 0. The van der Waals surface area contributed by atoms with Crippen LogP contribution in [0.5, 0.6) is 0 Å². The van der Waals surface area contributed by atoms with E-state index in [1.165, 1.54) is 0 Å². The molecule has 152 valence electrons. The highest BCUT2D eigenvalue weighted by Crippen LogP contribution is 2.44. The highest BCUT2D eigenvalue weighted by Gasteiger charge is 2.42. The van der Waals surface area contributed by atoms with E-state index in [9.17, 15) is 26.3 Å². The number of nitrogens with zero attached hydrogens (tertiary/aromatic N) is 1. The summed E-state index contributed by atoms with van der Waals surface area (Å²) in [5.74, 6) is -0.0883. The second-order valence-corrected chi connectivity index (χ2v) is 6.98. The van der Waals surface area contributed by atoms with Gasteiger partial charge in [-0.05, 0) is 36.5 Å². The van der Waals surface area contributed by atoms with Crippen LogP contribution in [0.25, 0.3) is 0 Å². The molecule has 2 aliphatic rings. The molecule has 0 unspecified atom stereocenters. The molecule has 0 aliphatic carbocycles. The molecule has 2 fully saturated rings. The van der Waals surface area contributed by atoms with E-state index in [2.05, 4.69) is 5.32 Å². The molecule has 3 nitrogen and oxygen atoms in total. The lowest BCUT2D eigenvalue weighted by Crippen LogP contribution is -2.48. The third-order valence-electron chi connectivity index (χ3n) is 5.26. The fourth-order valence-corrected chi connectivity index (χ4v) is 3.98. The number of halogens is 6. The summed E-state index contributed by atoms with van der Waals surface area (Å²) in [4.78, 5) is 1.96. The van der Waals surface area contributed by atoms with Crippen molar-refractivity contribution in [2.24, 2.45) is 5.92 Å². The average molecular weight is 396 g/mol. The summed E-state index contributed by atoms with van der Waals surface area (Å²) in [5, 5.41) is 3.16. The molecule has 2 heterocycles. The van der Waals surface area contributed by atoms with E-state index in [0.29, 0.717) is 52.2 Å². The van der Waals surface area contributed by atoms with Gasteiger partial charge in [-0.15, -0.1) is 0 Å². The summed E-state index contributed by atoms with van der Waals surface area (Å²) in [6, 6.07) is 1.46. The molecule has 1 N–H and O–H groups in total.